The van der Waals surface area contributed by atoms with E-state index in [4.69, 9.17) is 5.73 Å². The van der Waals surface area contributed by atoms with Gasteiger partial charge in [-0.2, -0.15) is 0 Å². The molecule has 2 aliphatic rings. The van der Waals surface area contributed by atoms with Gasteiger partial charge in [0.1, 0.15) is 0 Å². The Kier molecular flexibility index (Phi) is 4.80. The first-order valence-electron chi connectivity index (χ1n) is 7.00. The lowest BCUT2D eigenvalue weighted by Crippen LogP contribution is -2.44. The Morgan fingerprint density at radius 1 is 1.35 bits per heavy atom. The minimum absolute atomic E-state index is 0.230. The number of nitrogens with zero attached hydrogens (tertiary/aromatic N) is 1. The molecule has 0 aromatic carbocycles. The molecule has 0 aliphatic carbocycles. The minimum atomic E-state index is 0.230. The normalized spacial score (nSPS) is 31.9. The second-order valence-corrected chi connectivity index (χ2v) is 5.43. The van der Waals surface area contributed by atoms with Crippen LogP contribution in [0, 0.1) is 5.92 Å². The molecule has 17 heavy (non-hydrogen) atoms. The number of rotatable bonds is 3. The predicted molar refractivity (Wildman–Crippen MR) is 68.6 cm³/mol. The summed E-state index contributed by atoms with van der Waals surface area (Å²) in [6.07, 6.45) is 6.68. The van der Waals surface area contributed by atoms with Crippen LogP contribution in [0.5, 0.6) is 0 Å². The molecule has 0 bridgehead atoms. The minimum Gasteiger partial charge on any atom is -0.356 e. The maximum Gasteiger partial charge on any atom is 0.221 e. The Bertz CT molecular complexity index is 255. The third kappa shape index (κ3) is 3.68. The van der Waals surface area contributed by atoms with Crippen molar-refractivity contribution in [2.75, 3.05) is 26.2 Å². The molecule has 2 aliphatic heterocycles. The summed E-state index contributed by atoms with van der Waals surface area (Å²) in [5, 5.41) is 2.96. The van der Waals surface area contributed by atoms with Crippen LogP contribution in [0.2, 0.25) is 0 Å². The molecule has 0 aromatic heterocycles. The van der Waals surface area contributed by atoms with Crippen LogP contribution in [-0.2, 0) is 4.79 Å². The zero-order chi connectivity index (χ0) is 12.1. The molecule has 3 N–H and O–H groups in total. The first-order valence-corrected chi connectivity index (χ1v) is 7.00. The summed E-state index contributed by atoms with van der Waals surface area (Å²) < 4.78 is 0. The van der Waals surface area contributed by atoms with Crippen LogP contribution in [0.4, 0.5) is 0 Å². The molecule has 2 heterocycles. The first-order chi connectivity index (χ1) is 8.29. The van der Waals surface area contributed by atoms with Gasteiger partial charge in [-0.1, -0.05) is 0 Å². The van der Waals surface area contributed by atoms with Crippen molar-refractivity contribution in [3.05, 3.63) is 0 Å². The van der Waals surface area contributed by atoms with E-state index >= 15 is 0 Å². The maximum absolute atomic E-state index is 11.6. The zero-order valence-corrected chi connectivity index (χ0v) is 10.7. The fraction of sp³-hybridized carbons (Fsp3) is 0.923. The van der Waals surface area contributed by atoms with Crippen LogP contribution in [0.25, 0.3) is 0 Å². The van der Waals surface area contributed by atoms with Crippen molar-refractivity contribution in [2.24, 2.45) is 11.7 Å². The molecule has 2 fully saturated rings. The average Bonchev–Trinajstić information content (AvgIpc) is 2.55. The molecule has 4 nitrogen and oxygen atoms in total. The smallest absolute Gasteiger partial charge is 0.221 e. The van der Waals surface area contributed by atoms with Crippen LogP contribution in [0.1, 0.15) is 38.5 Å². The second-order valence-electron chi connectivity index (χ2n) is 5.43. The molecule has 0 radical (unpaired) electrons. The third-order valence-corrected chi connectivity index (χ3v) is 4.10. The molecule has 4 heteroatoms. The summed E-state index contributed by atoms with van der Waals surface area (Å²) in [6.45, 7) is 3.97. The number of carbonyl (C=O) groups is 1. The van der Waals surface area contributed by atoms with Crippen molar-refractivity contribution in [3.8, 4) is 0 Å². The van der Waals surface area contributed by atoms with E-state index in [1.54, 1.807) is 0 Å². The molecular weight excluding hydrogens is 214 g/mol. The van der Waals surface area contributed by atoms with Gasteiger partial charge in [-0.05, 0) is 51.1 Å². The van der Waals surface area contributed by atoms with Gasteiger partial charge in [-0.15, -0.1) is 0 Å². The molecule has 2 unspecified atom stereocenters. The number of amides is 1. The lowest BCUT2D eigenvalue weighted by Gasteiger charge is -2.37. The van der Waals surface area contributed by atoms with Gasteiger partial charge in [0, 0.05) is 25.6 Å². The van der Waals surface area contributed by atoms with E-state index in [9.17, 15) is 4.79 Å². The van der Waals surface area contributed by atoms with Gasteiger partial charge in [0.25, 0.3) is 0 Å². The summed E-state index contributed by atoms with van der Waals surface area (Å²) >= 11 is 0. The van der Waals surface area contributed by atoms with Crippen molar-refractivity contribution in [2.45, 2.75) is 44.6 Å². The molecule has 2 saturated heterocycles. The Morgan fingerprint density at radius 2 is 2.24 bits per heavy atom. The highest BCUT2D eigenvalue weighted by Crippen LogP contribution is 2.24. The van der Waals surface area contributed by atoms with Gasteiger partial charge >= 0.3 is 0 Å². The molecule has 0 spiro atoms. The Hall–Kier alpha value is -0.610. The molecule has 0 aromatic rings. The first kappa shape index (κ1) is 12.8. The van der Waals surface area contributed by atoms with Gasteiger partial charge in [0.05, 0.1) is 0 Å². The molecule has 2 rings (SSSR count). The highest BCUT2D eigenvalue weighted by Gasteiger charge is 2.27. The van der Waals surface area contributed by atoms with Crippen molar-refractivity contribution in [3.63, 3.8) is 0 Å². The molecule has 1 amide bonds. The van der Waals surface area contributed by atoms with Gasteiger partial charge < -0.3 is 11.1 Å². The zero-order valence-electron chi connectivity index (χ0n) is 10.7. The second kappa shape index (κ2) is 6.36. The van der Waals surface area contributed by atoms with E-state index in [1.165, 1.54) is 19.4 Å². The summed E-state index contributed by atoms with van der Waals surface area (Å²) in [4.78, 5) is 14.1. The maximum atomic E-state index is 11.6. The van der Waals surface area contributed by atoms with Crippen LogP contribution in [0.15, 0.2) is 0 Å². The fourth-order valence-corrected chi connectivity index (χ4v) is 3.17. The van der Waals surface area contributed by atoms with Gasteiger partial charge in [-0.25, -0.2) is 0 Å². The summed E-state index contributed by atoms with van der Waals surface area (Å²) in [5.74, 6) is 0.980. The Morgan fingerprint density at radius 3 is 3.06 bits per heavy atom. The molecular formula is C13H25N3O. The van der Waals surface area contributed by atoms with E-state index in [2.05, 4.69) is 10.2 Å². The van der Waals surface area contributed by atoms with Crippen LogP contribution >= 0.6 is 0 Å². The topological polar surface area (TPSA) is 58.4 Å². The Labute approximate surface area is 104 Å². The van der Waals surface area contributed by atoms with E-state index in [0.717, 1.165) is 44.8 Å². The predicted octanol–water partition coefficient (Wildman–Crippen LogP) is 0.716. The number of hydrogen-bond donors (Lipinski definition) is 2. The number of hydrogen-bond acceptors (Lipinski definition) is 3. The number of nitrogens with one attached hydrogen (secondary N) is 1. The van der Waals surface area contributed by atoms with Gasteiger partial charge in [0.15, 0.2) is 0 Å². The number of carbonyl (C=O) groups excluding carboxylic acids is 1. The van der Waals surface area contributed by atoms with E-state index < -0.39 is 0 Å². The largest absolute Gasteiger partial charge is 0.356 e. The van der Waals surface area contributed by atoms with Gasteiger partial charge in [0.2, 0.25) is 5.91 Å². The standard InChI is InChI=1S/C13H25N3O/c14-6-5-11-3-2-8-16(10-11)12-4-1-7-15-13(17)9-12/h11-12H,1-10,14H2,(H,15,17). The van der Waals surface area contributed by atoms with Gasteiger partial charge in [-0.3, -0.25) is 9.69 Å². The van der Waals surface area contributed by atoms with Crippen molar-refractivity contribution in [1.82, 2.24) is 10.2 Å². The highest BCUT2D eigenvalue weighted by atomic mass is 16.1. The monoisotopic (exact) mass is 239 g/mol. The number of nitrogens with two attached hydrogens (primary N) is 1. The van der Waals surface area contributed by atoms with Crippen LogP contribution in [0.3, 0.4) is 0 Å². The summed E-state index contributed by atoms with van der Waals surface area (Å²) in [6, 6.07) is 0.470. The quantitative estimate of drug-likeness (QED) is 0.763. The van der Waals surface area contributed by atoms with E-state index in [-0.39, 0.29) is 5.91 Å². The average molecular weight is 239 g/mol. The Balaban J connectivity index is 1.88. The van der Waals surface area contributed by atoms with Crippen molar-refractivity contribution in [1.29, 1.82) is 0 Å². The summed E-state index contributed by atoms with van der Waals surface area (Å²) in [5.41, 5.74) is 5.65. The molecule has 98 valence electrons. The van der Waals surface area contributed by atoms with Crippen LogP contribution in [-0.4, -0.2) is 43.0 Å². The molecule has 2 atom stereocenters. The molecule has 0 saturated carbocycles. The lowest BCUT2D eigenvalue weighted by molar-refractivity contribution is -0.121. The summed E-state index contributed by atoms with van der Waals surface area (Å²) in [7, 11) is 0. The number of piperidine rings is 1. The lowest BCUT2D eigenvalue weighted by atomic mass is 9.92. The highest BCUT2D eigenvalue weighted by molar-refractivity contribution is 5.76. The fourth-order valence-electron chi connectivity index (χ4n) is 3.17. The third-order valence-electron chi connectivity index (χ3n) is 4.10. The van der Waals surface area contributed by atoms with Crippen molar-refractivity contribution < 1.29 is 4.79 Å². The SMILES string of the molecule is NCCC1CCCN(C2CCCNC(=O)C2)C1. The van der Waals surface area contributed by atoms with E-state index in [0.29, 0.717) is 12.5 Å². The van der Waals surface area contributed by atoms with Crippen molar-refractivity contribution >= 4 is 5.91 Å². The van der Waals surface area contributed by atoms with Crippen LogP contribution < -0.4 is 11.1 Å². The van der Waals surface area contributed by atoms with E-state index in [1.807, 2.05) is 0 Å². The number of likely N-dealkylation sites (tertiary alicyclic amines) is 1.